The molecule has 4 rings (SSSR count). The standard InChI is InChI=1S/C26H28N4O4/c1-3-4-6-18-9-11-19(12-10-18)27-26(31)25-17(2)24-22(7-5-8-23(24)34-25)29-28-20-13-15-21(16-14-20)30(32)33/h9-16,28H,3-8H2,1-2H3,(H,27,31)/b29-22+. The maximum absolute atomic E-state index is 13.0. The predicted molar refractivity (Wildman–Crippen MR) is 133 cm³/mol. The molecule has 1 amide bonds. The summed E-state index contributed by atoms with van der Waals surface area (Å²) in [6, 6.07) is 14.0. The molecule has 1 heterocycles. The molecule has 8 nitrogen and oxygen atoms in total. The Morgan fingerprint density at radius 3 is 2.47 bits per heavy atom. The molecule has 1 aliphatic rings. The smallest absolute Gasteiger partial charge is 0.291 e. The number of aryl methyl sites for hydroxylation is 2. The van der Waals surface area contributed by atoms with E-state index in [1.54, 1.807) is 12.1 Å². The Hall–Kier alpha value is -3.94. The predicted octanol–water partition coefficient (Wildman–Crippen LogP) is 6.24. The second-order valence-corrected chi connectivity index (χ2v) is 8.44. The molecule has 0 spiro atoms. The van der Waals surface area contributed by atoms with Gasteiger partial charge in [-0.3, -0.25) is 20.3 Å². The highest BCUT2D eigenvalue weighted by Crippen LogP contribution is 2.31. The first-order valence-electron chi connectivity index (χ1n) is 11.6. The van der Waals surface area contributed by atoms with Crippen molar-refractivity contribution in [2.45, 2.75) is 52.4 Å². The van der Waals surface area contributed by atoms with Crippen molar-refractivity contribution < 1.29 is 14.1 Å². The topological polar surface area (TPSA) is 110 Å². The molecule has 34 heavy (non-hydrogen) atoms. The second-order valence-electron chi connectivity index (χ2n) is 8.44. The Morgan fingerprint density at radius 1 is 1.09 bits per heavy atom. The highest BCUT2D eigenvalue weighted by molar-refractivity contribution is 6.09. The van der Waals surface area contributed by atoms with Crippen LogP contribution in [0.15, 0.2) is 58.0 Å². The fourth-order valence-electron chi connectivity index (χ4n) is 4.11. The fourth-order valence-corrected chi connectivity index (χ4v) is 4.11. The van der Waals surface area contributed by atoms with Gasteiger partial charge in [0.05, 0.1) is 16.3 Å². The molecule has 0 saturated carbocycles. The van der Waals surface area contributed by atoms with E-state index in [0.717, 1.165) is 66.8 Å². The second kappa shape index (κ2) is 10.3. The van der Waals surface area contributed by atoms with Gasteiger partial charge in [-0.1, -0.05) is 25.5 Å². The molecule has 0 radical (unpaired) electrons. The molecule has 8 heteroatoms. The molecule has 0 aliphatic heterocycles. The largest absolute Gasteiger partial charge is 0.455 e. The summed E-state index contributed by atoms with van der Waals surface area (Å²) in [6.45, 7) is 4.04. The average molecular weight is 461 g/mol. The average Bonchev–Trinajstić information content (AvgIpc) is 3.19. The van der Waals surface area contributed by atoms with E-state index in [0.29, 0.717) is 11.4 Å². The van der Waals surface area contributed by atoms with E-state index in [9.17, 15) is 14.9 Å². The number of benzene rings is 2. The van der Waals surface area contributed by atoms with Crippen LogP contribution in [0.5, 0.6) is 0 Å². The van der Waals surface area contributed by atoms with Crippen molar-refractivity contribution in [3.05, 3.63) is 86.9 Å². The first-order valence-corrected chi connectivity index (χ1v) is 11.6. The summed E-state index contributed by atoms with van der Waals surface area (Å²) in [5, 5.41) is 18.3. The normalized spacial score (nSPS) is 14.0. The van der Waals surface area contributed by atoms with Crippen LogP contribution in [-0.2, 0) is 12.8 Å². The maximum atomic E-state index is 13.0. The minimum Gasteiger partial charge on any atom is -0.455 e. The number of hydrogen-bond acceptors (Lipinski definition) is 6. The summed E-state index contributed by atoms with van der Waals surface area (Å²) < 4.78 is 5.98. The van der Waals surface area contributed by atoms with Gasteiger partial charge in [0.1, 0.15) is 5.76 Å². The SMILES string of the molecule is CCCCc1ccc(NC(=O)c2oc3c(c2C)/C(=N/Nc2ccc([N+](=O)[O-])cc2)CCC3)cc1. The summed E-state index contributed by atoms with van der Waals surface area (Å²) in [5.74, 6) is 0.772. The number of carbonyl (C=O) groups excluding carboxylic acids is 1. The molecule has 0 saturated heterocycles. The number of nitrogens with zero attached hydrogens (tertiary/aromatic N) is 2. The van der Waals surface area contributed by atoms with Crippen molar-refractivity contribution in [3.63, 3.8) is 0 Å². The van der Waals surface area contributed by atoms with E-state index in [-0.39, 0.29) is 11.6 Å². The zero-order valence-electron chi connectivity index (χ0n) is 19.4. The first kappa shape index (κ1) is 23.2. The molecule has 1 aliphatic carbocycles. The Morgan fingerprint density at radius 2 is 1.79 bits per heavy atom. The number of nitro groups is 1. The van der Waals surface area contributed by atoms with E-state index >= 15 is 0 Å². The number of nitrogens with one attached hydrogen (secondary N) is 2. The number of nitro benzene ring substituents is 1. The molecule has 0 atom stereocenters. The minimum atomic E-state index is -0.439. The molecule has 1 aromatic heterocycles. The Labute approximate surface area is 198 Å². The molecule has 0 fully saturated rings. The van der Waals surface area contributed by atoms with E-state index in [2.05, 4.69) is 22.8 Å². The van der Waals surface area contributed by atoms with Crippen LogP contribution in [0.25, 0.3) is 0 Å². The summed E-state index contributed by atoms with van der Waals surface area (Å²) in [7, 11) is 0. The summed E-state index contributed by atoms with van der Waals surface area (Å²) >= 11 is 0. The lowest BCUT2D eigenvalue weighted by Crippen LogP contribution is -2.14. The van der Waals surface area contributed by atoms with Crippen molar-refractivity contribution in [2.24, 2.45) is 5.10 Å². The number of non-ortho nitro benzene ring substituents is 1. The lowest BCUT2D eigenvalue weighted by molar-refractivity contribution is -0.384. The number of hydrazone groups is 1. The van der Waals surface area contributed by atoms with E-state index in [1.165, 1.54) is 17.7 Å². The monoisotopic (exact) mass is 460 g/mol. The van der Waals surface area contributed by atoms with Crippen molar-refractivity contribution in [3.8, 4) is 0 Å². The molecule has 2 aromatic carbocycles. The van der Waals surface area contributed by atoms with Gasteiger partial charge in [-0.2, -0.15) is 5.10 Å². The number of fused-ring (bicyclic) bond motifs is 1. The van der Waals surface area contributed by atoms with Gasteiger partial charge in [0.2, 0.25) is 0 Å². The highest BCUT2D eigenvalue weighted by Gasteiger charge is 2.28. The Kier molecular flexibility index (Phi) is 7.06. The third-order valence-corrected chi connectivity index (χ3v) is 5.96. The minimum absolute atomic E-state index is 0.0232. The quantitative estimate of drug-likeness (QED) is 0.305. The van der Waals surface area contributed by atoms with Crippen LogP contribution >= 0.6 is 0 Å². The van der Waals surface area contributed by atoms with Gasteiger partial charge in [0, 0.05) is 35.4 Å². The van der Waals surface area contributed by atoms with Crippen molar-refractivity contribution in [2.75, 3.05) is 10.7 Å². The number of amides is 1. The number of carbonyl (C=O) groups is 1. The zero-order valence-corrected chi connectivity index (χ0v) is 19.4. The van der Waals surface area contributed by atoms with Crippen LogP contribution in [0.2, 0.25) is 0 Å². The van der Waals surface area contributed by atoms with Crippen LogP contribution in [0, 0.1) is 17.0 Å². The maximum Gasteiger partial charge on any atom is 0.291 e. The van der Waals surface area contributed by atoms with Gasteiger partial charge >= 0.3 is 0 Å². The summed E-state index contributed by atoms with van der Waals surface area (Å²) in [5.41, 5.74) is 8.05. The third kappa shape index (κ3) is 5.17. The van der Waals surface area contributed by atoms with Gasteiger partial charge in [0.15, 0.2) is 5.76 Å². The number of rotatable bonds is 8. The lowest BCUT2D eigenvalue weighted by Gasteiger charge is -2.13. The molecule has 3 aromatic rings. The molecule has 2 N–H and O–H groups in total. The van der Waals surface area contributed by atoms with Gasteiger partial charge < -0.3 is 9.73 Å². The molecular formula is C26H28N4O4. The van der Waals surface area contributed by atoms with Gasteiger partial charge in [0.25, 0.3) is 11.6 Å². The van der Waals surface area contributed by atoms with E-state index in [1.807, 2.05) is 31.2 Å². The molecule has 0 unspecified atom stereocenters. The Bertz CT molecular complexity index is 1210. The van der Waals surface area contributed by atoms with Crippen LogP contribution in [0.4, 0.5) is 17.1 Å². The van der Waals surface area contributed by atoms with Crippen LogP contribution in [0.1, 0.15) is 65.6 Å². The molecule has 0 bridgehead atoms. The van der Waals surface area contributed by atoms with Crippen molar-refractivity contribution in [1.82, 2.24) is 0 Å². The molecule has 176 valence electrons. The summed E-state index contributed by atoms with van der Waals surface area (Å²) in [6.07, 6.45) is 5.67. The van der Waals surface area contributed by atoms with E-state index < -0.39 is 4.92 Å². The lowest BCUT2D eigenvalue weighted by atomic mass is 9.93. The third-order valence-electron chi connectivity index (χ3n) is 5.96. The fraction of sp³-hybridized carbons (Fsp3) is 0.308. The molecular weight excluding hydrogens is 432 g/mol. The van der Waals surface area contributed by atoms with Gasteiger partial charge in [-0.15, -0.1) is 0 Å². The van der Waals surface area contributed by atoms with E-state index in [4.69, 9.17) is 4.42 Å². The number of anilines is 2. The van der Waals surface area contributed by atoms with Gasteiger partial charge in [-0.25, -0.2) is 0 Å². The van der Waals surface area contributed by atoms with Crippen LogP contribution < -0.4 is 10.7 Å². The zero-order chi connectivity index (χ0) is 24.1. The Balaban J connectivity index is 1.50. The number of unbranched alkanes of at least 4 members (excludes halogenated alkanes) is 1. The highest BCUT2D eigenvalue weighted by atomic mass is 16.6. The first-order chi connectivity index (χ1) is 16.5. The van der Waals surface area contributed by atoms with Crippen molar-refractivity contribution >= 4 is 28.7 Å². The van der Waals surface area contributed by atoms with Crippen LogP contribution in [-0.4, -0.2) is 16.5 Å². The van der Waals surface area contributed by atoms with Gasteiger partial charge in [-0.05, 0) is 62.4 Å². The number of hydrogen-bond donors (Lipinski definition) is 2. The summed E-state index contributed by atoms with van der Waals surface area (Å²) in [4.78, 5) is 23.4. The number of furan rings is 1. The van der Waals surface area contributed by atoms with Crippen molar-refractivity contribution in [1.29, 1.82) is 0 Å². The van der Waals surface area contributed by atoms with Crippen LogP contribution in [0.3, 0.4) is 0 Å².